The smallest absolute Gasteiger partial charge is 0.227 e. The topological polar surface area (TPSA) is 49.3 Å². The van der Waals surface area contributed by atoms with Crippen LogP contribution >= 0.6 is 0 Å². The molecule has 1 aliphatic carbocycles. The van der Waals surface area contributed by atoms with Gasteiger partial charge in [-0.25, -0.2) is 8.78 Å². The maximum atomic E-state index is 13.6. The molecule has 0 radical (unpaired) electrons. The summed E-state index contributed by atoms with van der Waals surface area (Å²) in [5.74, 6) is -2.87. The van der Waals surface area contributed by atoms with Crippen LogP contribution in [0.3, 0.4) is 0 Å². The van der Waals surface area contributed by atoms with Gasteiger partial charge in [-0.05, 0) is 31.9 Å². The summed E-state index contributed by atoms with van der Waals surface area (Å²) >= 11 is 0. The fourth-order valence-electron chi connectivity index (χ4n) is 2.67. The predicted molar refractivity (Wildman–Crippen MR) is 71.2 cm³/mol. The Morgan fingerprint density at radius 2 is 1.90 bits per heavy atom. The molecule has 0 spiro atoms. The van der Waals surface area contributed by atoms with Crippen molar-refractivity contribution in [3.8, 4) is 0 Å². The van der Waals surface area contributed by atoms with Gasteiger partial charge in [0.1, 0.15) is 11.6 Å². The highest BCUT2D eigenvalue weighted by Crippen LogP contribution is 2.29. The predicted octanol–water partition coefficient (Wildman–Crippen LogP) is 2.49. The Hall–Kier alpha value is -1.49. The van der Waals surface area contributed by atoms with E-state index in [1.54, 1.807) is 0 Å². The summed E-state index contributed by atoms with van der Waals surface area (Å²) in [6.45, 7) is 1.59. The maximum Gasteiger partial charge on any atom is 0.227 e. The third-order valence-electron chi connectivity index (χ3n) is 3.95. The Morgan fingerprint density at radius 1 is 1.35 bits per heavy atom. The summed E-state index contributed by atoms with van der Waals surface area (Å²) in [6, 6.07) is 3.53. The highest BCUT2D eigenvalue weighted by molar-refractivity contribution is 5.83. The number of amides is 1. The van der Waals surface area contributed by atoms with Crippen molar-refractivity contribution in [3.05, 3.63) is 35.4 Å². The van der Waals surface area contributed by atoms with Gasteiger partial charge in [0, 0.05) is 12.1 Å². The second-order valence-corrected chi connectivity index (χ2v) is 5.51. The van der Waals surface area contributed by atoms with Crippen molar-refractivity contribution >= 4 is 5.91 Å². The minimum atomic E-state index is -0.929. The van der Waals surface area contributed by atoms with E-state index in [1.165, 1.54) is 13.0 Å². The molecule has 0 saturated heterocycles. The van der Waals surface area contributed by atoms with E-state index in [9.17, 15) is 18.7 Å². The second-order valence-electron chi connectivity index (χ2n) is 5.51. The van der Waals surface area contributed by atoms with Gasteiger partial charge in [-0.2, -0.15) is 0 Å². The number of rotatable bonds is 4. The zero-order valence-electron chi connectivity index (χ0n) is 11.5. The molecule has 1 aliphatic rings. The molecule has 1 aromatic carbocycles. The van der Waals surface area contributed by atoms with Crippen LogP contribution in [0.5, 0.6) is 0 Å². The standard InChI is InChI=1S/C15H19F2NO2/c1-10(13-11(16)5-4-6-12(13)17)14(19)18-9-15(20)7-2-3-8-15/h4-6,10,20H,2-3,7-9H2,1H3,(H,18,19). The quantitative estimate of drug-likeness (QED) is 0.892. The maximum absolute atomic E-state index is 13.6. The first kappa shape index (κ1) is 14.9. The van der Waals surface area contributed by atoms with Crippen LogP contribution in [0.1, 0.15) is 44.1 Å². The largest absolute Gasteiger partial charge is 0.388 e. The lowest BCUT2D eigenvalue weighted by atomic mass is 9.97. The van der Waals surface area contributed by atoms with Gasteiger partial charge >= 0.3 is 0 Å². The lowest BCUT2D eigenvalue weighted by molar-refractivity contribution is -0.123. The number of hydrogen-bond acceptors (Lipinski definition) is 2. The number of hydrogen-bond donors (Lipinski definition) is 2. The van der Waals surface area contributed by atoms with E-state index in [0.717, 1.165) is 25.0 Å². The van der Waals surface area contributed by atoms with Crippen molar-refractivity contribution in [3.63, 3.8) is 0 Å². The number of nitrogens with one attached hydrogen (secondary N) is 1. The normalized spacial score (nSPS) is 18.8. The van der Waals surface area contributed by atoms with Crippen LogP contribution in [0.15, 0.2) is 18.2 Å². The highest BCUT2D eigenvalue weighted by Gasteiger charge is 2.32. The van der Waals surface area contributed by atoms with Crippen molar-refractivity contribution in [2.45, 2.75) is 44.1 Å². The van der Waals surface area contributed by atoms with E-state index in [2.05, 4.69) is 5.32 Å². The van der Waals surface area contributed by atoms with E-state index in [4.69, 9.17) is 0 Å². The molecule has 0 heterocycles. The molecule has 1 saturated carbocycles. The Bertz CT molecular complexity index is 478. The monoisotopic (exact) mass is 283 g/mol. The minimum absolute atomic E-state index is 0.131. The summed E-state index contributed by atoms with van der Waals surface area (Å²) in [5.41, 5.74) is -1.10. The molecule has 3 nitrogen and oxygen atoms in total. The van der Waals surface area contributed by atoms with Crippen LogP contribution in [-0.4, -0.2) is 23.2 Å². The first-order valence-electron chi connectivity index (χ1n) is 6.87. The van der Waals surface area contributed by atoms with E-state index in [0.29, 0.717) is 12.8 Å². The number of carbonyl (C=O) groups is 1. The van der Waals surface area contributed by atoms with Crippen LogP contribution in [0, 0.1) is 11.6 Å². The summed E-state index contributed by atoms with van der Waals surface area (Å²) < 4.78 is 27.2. The van der Waals surface area contributed by atoms with E-state index < -0.39 is 29.1 Å². The molecule has 20 heavy (non-hydrogen) atoms. The van der Waals surface area contributed by atoms with Gasteiger partial charge in [0.05, 0.1) is 11.5 Å². The molecule has 5 heteroatoms. The van der Waals surface area contributed by atoms with Crippen LogP contribution in [0.25, 0.3) is 0 Å². The molecule has 2 rings (SSSR count). The lowest BCUT2D eigenvalue weighted by Gasteiger charge is -2.23. The molecule has 1 atom stereocenters. The van der Waals surface area contributed by atoms with Gasteiger partial charge < -0.3 is 10.4 Å². The number of carbonyl (C=O) groups excluding carboxylic acids is 1. The van der Waals surface area contributed by atoms with Gasteiger partial charge in [0.15, 0.2) is 0 Å². The Morgan fingerprint density at radius 3 is 2.45 bits per heavy atom. The average Bonchev–Trinajstić information content (AvgIpc) is 2.83. The molecule has 1 amide bonds. The SMILES string of the molecule is CC(C(=O)NCC1(O)CCCC1)c1c(F)cccc1F. The first-order chi connectivity index (χ1) is 9.43. The zero-order valence-corrected chi connectivity index (χ0v) is 11.5. The number of halogens is 2. The van der Waals surface area contributed by atoms with Crippen molar-refractivity contribution in [1.29, 1.82) is 0 Å². The minimum Gasteiger partial charge on any atom is -0.388 e. The Kier molecular flexibility index (Phi) is 4.38. The average molecular weight is 283 g/mol. The second kappa shape index (κ2) is 5.87. The van der Waals surface area contributed by atoms with Gasteiger partial charge in [0.25, 0.3) is 0 Å². The summed E-state index contributed by atoms with van der Waals surface area (Å²) in [4.78, 5) is 12.0. The third kappa shape index (κ3) is 3.15. The van der Waals surface area contributed by atoms with E-state index >= 15 is 0 Å². The van der Waals surface area contributed by atoms with E-state index in [-0.39, 0.29) is 12.1 Å². The van der Waals surface area contributed by atoms with Crippen LogP contribution in [-0.2, 0) is 4.79 Å². The molecule has 1 fully saturated rings. The molecular formula is C15H19F2NO2. The van der Waals surface area contributed by atoms with Crippen molar-refractivity contribution < 1.29 is 18.7 Å². The molecule has 0 bridgehead atoms. The van der Waals surface area contributed by atoms with Crippen molar-refractivity contribution in [1.82, 2.24) is 5.32 Å². The van der Waals surface area contributed by atoms with Crippen molar-refractivity contribution in [2.24, 2.45) is 0 Å². The van der Waals surface area contributed by atoms with Crippen LogP contribution in [0.4, 0.5) is 8.78 Å². The number of aliphatic hydroxyl groups is 1. The fraction of sp³-hybridized carbons (Fsp3) is 0.533. The van der Waals surface area contributed by atoms with E-state index in [1.807, 2.05) is 0 Å². The fourth-order valence-corrected chi connectivity index (χ4v) is 2.67. The molecule has 1 aromatic rings. The first-order valence-corrected chi connectivity index (χ1v) is 6.87. The molecule has 110 valence electrons. The van der Waals surface area contributed by atoms with Gasteiger partial charge in [-0.15, -0.1) is 0 Å². The summed E-state index contributed by atoms with van der Waals surface area (Å²) in [6.07, 6.45) is 3.17. The molecular weight excluding hydrogens is 264 g/mol. The van der Waals surface area contributed by atoms with Crippen LogP contribution < -0.4 is 5.32 Å². The lowest BCUT2D eigenvalue weighted by Crippen LogP contribution is -2.42. The van der Waals surface area contributed by atoms with Crippen molar-refractivity contribution in [2.75, 3.05) is 6.54 Å². The van der Waals surface area contributed by atoms with Crippen LogP contribution in [0.2, 0.25) is 0 Å². The van der Waals surface area contributed by atoms with Gasteiger partial charge in [-0.3, -0.25) is 4.79 Å². The Balaban J connectivity index is 2.02. The Labute approximate surface area is 117 Å². The highest BCUT2D eigenvalue weighted by atomic mass is 19.1. The molecule has 0 aromatic heterocycles. The molecule has 0 aliphatic heterocycles. The summed E-state index contributed by atoms with van der Waals surface area (Å²) in [7, 11) is 0. The third-order valence-corrected chi connectivity index (χ3v) is 3.95. The molecule has 1 unspecified atom stereocenters. The zero-order chi connectivity index (χ0) is 14.8. The number of benzene rings is 1. The molecule has 2 N–H and O–H groups in total. The van der Waals surface area contributed by atoms with Gasteiger partial charge in [0.2, 0.25) is 5.91 Å². The van der Waals surface area contributed by atoms with Gasteiger partial charge in [-0.1, -0.05) is 18.9 Å². The summed E-state index contributed by atoms with van der Waals surface area (Å²) in [5, 5.41) is 12.7.